The molecule has 3 nitrogen and oxygen atoms in total. The number of aromatic hydroxyl groups is 1. The first kappa shape index (κ1) is 8.94. The Morgan fingerprint density at radius 2 is 2.14 bits per heavy atom. The Morgan fingerprint density at radius 3 is 2.93 bits per heavy atom. The van der Waals surface area contributed by atoms with Gasteiger partial charge in [-0.25, -0.2) is 9.97 Å². The first-order valence-corrected chi connectivity index (χ1v) is 4.75. The molecule has 0 atom stereocenters. The van der Waals surface area contributed by atoms with Gasteiger partial charge in [0.15, 0.2) is 5.65 Å². The van der Waals surface area contributed by atoms with Crippen LogP contribution in [0.1, 0.15) is 19.0 Å². The number of aromatic nitrogens is 2. The van der Waals surface area contributed by atoms with E-state index in [2.05, 4.69) is 16.9 Å². The molecule has 0 aromatic carbocycles. The van der Waals surface area contributed by atoms with E-state index in [0.717, 1.165) is 18.5 Å². The smallest absolute Gasteiger partial charge is 0.163 e. The molecular formula is C11H12N2O. The van der Waals surface area contributed by atoms with Crippen LogP contribution in [0.25, 0.3) is 11.0 Å². The summed E-state index contributed by atoms with van der Waals surface area (Å²) in [5.74, 6) is 0.241. The standard InChI is InChI=1S/C11H12N2O/c1-2-3-8-4-5-9-10(14)6-7-12-11(9)13-8/h4-7H,2-3H2,1H3,(H,12,13,14). The molecule has 2 rings (SSSR count). The Morgan fingerprint density at radius 1 is 1.29 bits per heavy atom. The lowest BCUT2D eigenvalue weighted by Crippen LogP contribution is -1.91. The zero-order valence-corrected chi connectivity index (χ0v) is 8.07. The van der Waals surface area contributed by atoms with Crippen molar-refractivity contribution in [2.45, 2.75) is 19.8 Å². The third-order valence-electron chi connectivity index (χ3n) is 2.14. The molecule has 14 heavy (non-hydrogen) atoms. The van der Waals surface area contributed by atoms with Crippen LogP contribution >= 0.6 is 0 Å². The summed E-state index contributed by atoms with van der Waals surface area (Å²) in [6.45, 7) is 2.11. The van der Waals surface area contributed by atoms with Gasteiger partial charge in [-0.05, 0) is 24.6 Å². The van der Waals surface area contributed by atoms with Gasteiger partial charge in [-0.15, -0.1) is 0 Å². The molecule has 0 unspecified atom stereocenters. The number of aryl methyl sites for hydroxylation is 1. The summed E-state index contributed by atoms with van der Waals surface area (Å²) in [5.41, 5.74) is 1.65. The van der Waals surface area contributed by atoms with Crippen LogP contribution < -0.4 is 0 Å². The zero-order valence-electron chi connectivity index (χ0n) is 8.07. The maximum Gasteiger partial charge on any atom is 0.163 e. The van der Waals surface area contributed by atoms with Crippen LogP contribution in [-0.4, -0.2) is 15.1 Å². The number of hydrogen-bond donors (Lipinski definition) is 1. The van der Waals surface area contributed by atoms with Gasteiger partial charge in [-0.2, -0.15) is 0 Å². The molecule has 72 valence electrons. The summed E-state index contributed by atoms with van der Waals surface area (Å²) < 4.78 is 0. The highest BCUT2D eigenvalue weighted by Crippen LogP contribution is 2.20. The fraction of sp³-hybridized carbons (Fsp3) is 0.273. The third-order valence-corrected chi connectivity index (χ3v) is 2.14. The van der Waals surface area contributed by atoms with Gasteiger partial charge in [0.05, 0.1) is 5.39 Å². The van der Waals surface area contributed by atoms with Crippen LogP contribution in [0.5, 0.6) is 5.75 Å². The first-order chi connectivity index (χ1) is 6.81. The lowest BCUT2D eigenvalue weighted by molar-refractivity contribution is 0.481. The number of hydrogen-bond acceptors (Lipinski definition) is 3. The lowest BCUT2D eigenvalue weighted by atomic mass is 10.2. The van der Waals surface area contributed by atoms with Gasteiger partial charge >= 0.3 is 0 Å². The summed E-state index contributed by atoms with van der Waals surface area (Å²) in [4.78, 5) is 8.47. The SMILES string of the molecule is CCCc1ccc2c(O)ccnc2n1. The molecule has 0 amide bonds. The van der Waals surface area contributed by atoms with Crippen LogP contribution in [0.15, 0.2) is 24.4 Å². The predicted octanol–water partition coefficient (Wildman–Crippen LogP) is 2.29. The molecule has 0 saturated heterocycles. The Balaban J connectivity index is 2.56. The Bertz CT molecular complexity index is 454. The minimum atomic E-state index is 0.241. The second kappa shape index (κ2) is 3.62. The Kier molecular flexibility index (Phi) is 2.31. The van der Waals surface area contributed by atoms with E-state index in [-0.39, 0.29) is 5.75 Å². The van der Waals surface area contributed by atoms with Gasteiger partial charge in [0.2, 0.25) is 0 Å². The second-order valence-electron chi connectivity index (χ2n) is 3.25. The van der Waals surface area contributed by atoms with Crippen molar-refractivity contribution >= 4 is 11.0 Å². The third kappa shape index (κ3) is 1.53. The minimum absolute atomic E-state index is 0.241. The van der Waals surface area contributed by atoms with Crippen molar-refractivity contribution in [3.8, 4) is 5.75 Å². The Labute approximate surface area is 82.4 Å². The van der Waals surface area contributed by atoms with E-state index in [4.69, 9.17) is 0 Å². The quantitative estimate of drug-likeness (QED) is 0.786. The minimum Gasteiger partial charge on any atom is -0.507 e. The van der Waals surface area contributed by atoms with Crippen LogP contribution in [0, 0.1) is 0 Å². The topological polar surface area (TPSA) is 46.0 Å². The molecule has 3 heteroatoms. The molecule has 0 aliphatic carbocycles. The van der Waals surface area contributed by atoms with Crippen LogP contribution in [0.3, 0.4) is 0 Å². The first-order valence-electron chi connectivity index (χ1n) is 4.75. The van der Waals surface area contributed by atoms with E-state index in [0.29, 0.717) is 11.0 Å². The van der Waals surface area contributed by atoms with E-state index in [9.17, 15) is 5.11 Å². The molecule has 0 fully saturated rings. The monoisotopic (exact) mass is 188 g/mol. The molecular weight excluding hydrogens is 176 g/mol. The molecule has 0 saturated carbocycles. The molecule has 0 spiro atoms. The molecule has 1 N–H and O–H groups in total. The van der Waals surface area contributed by atoms with Crippen LogP contribution in [0.4, 0.5) is 0 Å². The highest BCUT2D eigenvalue weighted by atomic mass is 16.3. The van der Waals surface area contributed by atoms with Crippen LogP contribution in [0.2, 0.25) is 0 Å². The van der Waals surface area contributed by atoms with Crippen molar-refractivity contribution in [1.29, 1.82) is 0 Å². The second-order valence-corrected chi connectivity index (χ2v) is 3.25. The molecule has 2 heterocycles. The summed E-state index contributed by atoms with van der Waals surface area (Å²) >= 11 is 0. The van der Waals surface area contributed by atoms with Gasteiger partial charge in [0, 0.05) is 11.9 Å². The maximum absolute atomic E-state index is 9.51. The van der Waals surface area contributed by atoms with E-state index in [1.54, 1.807) is 12.3 Å². The zero-order chi connectivity index (χ0) is 9.97. The van der Waals surface area contributed by atoms with Crippen LogP contribution in [-0.2, 0) is 6.42 Å². The van der Waals surface area contributed by atoms with Gasteiger partial charge in [0.1, 0.15) is 5.75 Å². The normalized spacial score (nSPS) is 10.6. The fourth-order valence-electron chi connectivity index (χ4n) is 1.45. The average molecular weight is 188 g/mol. The number of pyridine rings is 2. The van der Waals surface area contributed by atoms with E-state index in [1.165, 1.54) is 0 Å². The number of fused-ring (bicyclic) bond motifs is 1. The fourth-order valence-corrected chi connectivity index (χ4v) is 1.45. The van der Waals surface area contributed by atoms with Crippen molar-refractivity contribution in [3.63, 3.8) is 0 Å². The van der Waals surface area contributed by atoms with Crippen molar-refractivity contribution in [2.75, 3.05) is 0 Å². The van der Waals surface area contributed by atoms with Crippen molar-refractivity contribution in [1.82, 2.24) is 9.97 Å². The largest absolute Gasteiger partial charge is 0.507 e. The van der Waals surface area contributed by atoms with Crippen molar-refractivity contribution < 1.29 is 5.11 Å². The molecule has 0 aliphatic heterocycles. The molecule has 2 aromatic heterocycles. The van der Waals surface area contributed by atoms with E-state index in [1.807, 2.05) is 12.1 Å². The predicted molar refractivity (Wildman–Crippen MR) is 55.2 cm³/mol. The molecule has 0 radical (unpaired) electrons. The number of nitrogens with zero attached hydrogens (tertiary/aromatic N) is 2. The lowest BCUT2D eigenvalue weighted by Gasteiger charge is -2.01. The Hall–Kier alpha value is -1.64. The highest BCUT2D eigenvalue weighted by molar-refractivity contribution is 5.81. The van der Waals surface area contributed by atoms with Gasteiger partial charge < -0.3 is 5.11 Å². The van der Waals surface area contributed by atoms with Gasteiger partial charge in [-0.3, -0.25) is 0 Å². The van der Waals surface area contributed by atoms with Crippen molar-refractivity contribution in [3.05, 3.63) is 30.1 Å². The summed E-state index contributed by atoms with van der Waals surface area (Å²) in [5, 5.41) is 10.2. The van der Waals surface area contributed by atoms with Gasteiger partial charge in [0.25, 0.3) is 0 Å². The maximum atomic E-state index is 9.51. The highest BCUT2D eigenvalue weighted by Gasteiger charge is 2.02. The summed E-state index contributed by atoms with van der Waals surface area (Å²) in [7, 11) is 0. The number of rotatable bonds is 2. The average Bonchev–Trinajstić information content (AvgIpc) is 2.18. The van der Waals surface area contributed by atoms with E-state index >= 15 is 0 Å². The summed E-state index contributed by atoms with van der Waals surface area (Å²) in [6, 6.07) is 5.38. The van der Waals surface area contributed by atoms with Crippen molar-refractivity contribution in [2.24, 2.45) is 0 Å². The molecule has 0 bridgehead atoms. The molecule has 0 aliphatic rings. The van der Waals surface area contributed by atoms with E-state index < -0.39 is 0 Å². The van der Waals surface area contributed by atoms with Gasteiger partial charge in [-0.1, -0.05) is 13.3 Å². The summed E-state index contributed by atoms with van der Waals surface area (Å²) in [6.07, 6.45) is 3.59. The molecule has 2 aromatic rings.